The van der Waals surface area contributed by atoms with Crippen LogP contribution in [0.4, 0.5) is 4.79 Å². The van der Waals surface area contributed by atoms with Crippen LogP contribution in [0.5, 0.6) is 0 Å². The van der Waals surface area contributed by atoms with E-state index in [0.717, 1.165) is 26.2 Å². The van der Waals surface area contributed by atoms with Gasteiger partial charge in [-0.1, -0.05) is 0 Å². The molecule has 6 heteroatoms. The molecule has 2 atom stereocenters. The van der Waals surface area contributed by atoms with Crippen LogP contribution in [-0.4, -0.2) is 41.4 Å². The number of hydrogen-bond donors (Lipinski definition) is 2. The van der Waals surface area contributed by atoms with E-state index in [1.54, 1.807) is 12.5 Å². The summed E-state index contributed by atoms with van der Waals surface area (Å²) in [6.45, 7) is 4.94. The van der Waals surface area contributed by atoms with Crippen molar-refractivity contribution < 1.29 is 9.53 Å². The summed E-state index contributed by atoms with van der Waals surface area (Å²) >= 11 is 0. The highest BCUT2D eigenvalue weighted by Crippen LogP contribution is 2.10. The molecular formula is C12H20N4O2. The van der Waals surface area contributed by atoms with Gasteiger partial charge in [-0.05, 0) is 13.3 Å². The normalized spacial score (nSPS) is 20.6. The zero-order valence-corrected chi connectivity index (χ0v) is 10.6. The van der Waals surface area contributed by atoms with Crippen LogP contribution in [0.1, 0.15) is 13.3 Å². The Hall–Kier alpha value is -1.56. The SMILES string of the molecule is C[C@H](Cn1ccnc1)NC(=O)NC[C@@H]1CCOC1. The Labute approximate surface area is 107 Å². The predicted molar refractivity (Wildman–Crippen MR) is 67.1 cm³/mol. The fourth-order valence-electron chi connectivity index (χ4n) is 2.01. The van der Waals surface area contributed by atoms with Gasteiger partial charge in [0.1, 0.15) is 0 Å². The monoisotopic (exact) mass is 252 g/mol. The molecule has 2 heterocycles. The Morgan fingerprint density at radius 2 is 2.56 bits per heavy atom. The van der Waals surface area contributed by atoms with Gasteiger partial charge < -0.3 is 19.9 Å². The third-order valence-corrected chi connectivity index (χ3v) is 3.00. The van der Waals surface area contributed by atoms with Gasteiger partial charge in [-0.3, -0.25) is 0 Å². The second-order valence-electron chi connectivity index (χ2n) is 4.74. The van der Waals surface area contributed by atoms with E-state index in [2.05, 4.69) is 15.6 Å². The molecule has 1 aliphatic heterocycles. The van der Waals surface area contributed by atoms with Crippen molar-refractivity contribution in [1.82, 2.24) is 20.2 Å². The van der Waals surface area contributed by atoms with Gasteiger partial charge >= 0.3 is 6.03 Å². The third kappa shape index (κ3) is 4.03. The number of ether oxygens (including phenoxy) is 1. The average Bonchev–Trinajstić information content (AvgIpc) is 2.98. The van der Waals surface area contributed by atoms with Gasteiger partial charge in [-0.15, -0.1) is 0 Å². The molecule has 0 radical (unpaired) electrons. The molecule has 0 unspecified atom stereocenters. The van der Waals surface area contributed by atoms with Crippen molar-refractivity contribution in [2.24, 2.45) is 5.92 Å². The molecule has 6 nitrogen and oxygen atoms in total. The van der Waals surface area contributed by atoms with Crippen LogP contribution in [-0.2, 0) is 11.3 Å². The highest BCUT2D eigenvalue weighted by Gasteiger charge is 2.16. The molecule has 0 aromatic carbocycles. The highest BCUT2D eigenvalue weighted by atomic mass is 16.5. The van der Waals surface area contributed by atoms with E-state index in [0.29, 0.717) is 12.5 Å². The Bertz CT molecular complexity index is 360. The predicted octanol–water partition coefficient (Wildman–Crippen LogP) is 0.607. The Kier molecular flexibility index (Phi) is 4.58. The minimum absolute atomic E-state index is 0.0685. The molecule has 0 saturated carbocycles. The highest BCUT2D eigenvalue weighted by molar-refractivity contribution is 5.74. The number of aromatic nitrogens is 2. The zero-order chi connectivity index (χ0) is 12.8. The molecule has 100 valence electrons. The molecule has 18 heavy (non-hydrogen) atoms. The van der Waals surface area contributed by atoms with Gasteiger partial charge in [0.2, 0.25) is 0 Å². The molecule has 1 aromatic heterocycles. The van der Waals surface area contributed by atoms with Gasteiger partial charge in [0, 0.05) is 44.0 Å². The van der Waals surface area contributed by atoms with E-state index < -0.39 is 0 Å². The molecule has 2 amide bonds. The van der Waals surface area contributed by atoms with Crippen molar-refractivity contribution in [2.75, 3.05) is 19.8 Å². The number of carbonyl (C=O) groups excluding carboxylic acids is 1. The lowest BCUT2D eigenvalue weighted by Gasteiger charge is -2.16. The maximum atomic E-state index is 11.7. The largest absolute Gasteiger partial charge is 0.381 e. The maximum Gasteiger partial charge on any atom is 0.315 e. The van der Waals surface area contributed by atoms with Crippen LogP contribution in [0.2, 0.25) is 0 Å². The van der Waals surface area contributed by atoms with E-state index in [-0.39, 0.29) is 12.1 Å². The van der Waals surface area contributed by atoms with Gasteiger partial charge in [-0.25, -0.2) is 9.78 Å². The minimum Gasteiger partial charge on any atom is -0.381 e. The molecule has 1 saturated heterocycles. The van der Waals surface area contributed by atoms with Crippen molar-refractivity contribution in [1.29, 1.82) is 0 Å². The van der Waals surface area contributed by atoms with Crippen molar-refractivity contribution in [3.05, 3.63) is 18.7 Å². The summed E-state index contributed by atoms with van der Waals surface area (Å²) in [6, 6.07) is -0.0476. The Morgan fingerprint density at radius 1 is 1.67 bits per heavy atom. The number of nitrogens with zero attached hydrogens (tertiary/aromatic N) is 2. The van der Waals surface area contributed by atoms with Gasteiger partial charge in [-0.2, -0.15) is 0 Å². The van der Waals surface area contributed by atoms with Gasteiger partial charge in [0.15, 0.2) is 0 Å². The molecule has 0 aliphatic carbocycles. The number of nitrogens with one attached hydrogen (secondary N) is 2. The first kappa shape index (κ1) is 12.9. The molecule has 2 rings (SSSR count). The topological polar surface area (TPSA) is 68.2 Å². The van der Waals surface area contributed by atoms with Crippen LogP contribution < -0.4 is 10.6 Å². The van der Waals surface area contributed by atoms with E-state index in [4.69, 9.17) is 4.74 Å². The molecular weight excluding hydrogens is 232 g/mol. The van der Waals surface area contributed by atoms with Crippen LogP contribution in [0.15, 0.2) is 18.7 Å². The average molecular weight is 252 g/mol. The summed E-state index contributed by atoms with van der Waals surface area (Å²) in [7, 11) is 0. The van der Waals surface area contributed by atoms with Crippen LogP contribution >= 0.6 is 0 Å². The van der Waals surface area contributed by atoms with Crippen LogP contribution in [0, 0.1) is 5.92 Å². The number of hydrogen-bond acceptors (Lipinski definition) is 3. The standard InChI is InChI=1S/C12H20N4O2/c1-10(7-16-4-3-13-9-16)15-12(17)14-6-11-2-5-18-8-11/h3-4,9-11H,2,5-8H2,1H3,(H2,14,15,17)/t10-,11+/m1/s1. The molecule has 0 spiro atoms. The van der Waals surface area contributed by atoms with Crippen molar-refractivity contribution in [2.45, 2.75) is 25.9 Å². The first-order valence-corrected chi connectivity index (χ1v) is 6.32. The fraction of sp³-hybridized carbons (Fsp3) is 0.667. The molecule has 1 fully saturated rings. The molecule has 1 aromatic rings. The second-order valence-corrected chi connectivity index (χ2v) is 4.74. The number of carbonyl (C=O) groups is 1. The fourth-order valence-corrected chi connectivity index (χ4v) is 2.01. The third-order valence-electron chi connectivity index (χ3n) is 3.00. The number of rotatable bonds is 5. The second kappa shape index (κ2) is 6.39. The minimum atomic E-state index is -0.116. The maximum absolute atomic E-state index is 11.7. The summed E-state index contributed by atoms with van der Waals surface area (Å²) in [5, 5.41) is 5.78. The first-order valence-electron chi connectivity index (χ1n) is 6.32. The zero-order valence-electron chi connectivity index (χ0n) is 10.6. The van der Waals surface area contributed by atoms with E-state index >= 15 is 0 Å². The summed E-state index contributed by atoms with van der Waals surface area (Å²) in [6.07, 6.45) is 6.38. The lowest BCUT2D eigenvalue weighted by atomic mass is 10.1. The summed E-state index contributed by atoms with van der Waals surface area (Å²) < 4.78 is 7.20. The van der Waals surface area contributed by atoms with E-state index in [1.807, 2.05) is 17.7 Å². The molecule has 2 N–H and O–H groups in total. The number of urea groups is 1. The van der Waals surface area contributed by atoms with Crippen molar-refractivity contribution in [3.8, 4) is 0 Å². The number of amides is 2. The van der Waals surface area contributed by atoms with Crippen LogP contribution in [0.25, 0.3) is 0 Å². The summed E-state index contributed by atoms with van der Waals surface area (Å²) in [5.41, 5.74) is 0. The quantitative estimate of drug-likeness (QED) is 0.806. The smallest absolute Gasteiger partial charge is 0.315 e. The van der Waals surface area contributed by atoms with E-state index in [9.17, 15) is 4.79 Å². The Balaban J connectivity index is 1.63. The van der Waals surface area contributed by atoms with Gasteiger partial charge in [0.05, 0.1) is 12.9 Å². The molecule has 1 aliphatic rings. The van der Waals surface area contributed by atoms with Crippen molar-refractivity contribution >= 4 is 6.03 Å². The molecule has 0 bridgehead atoms. The first-order chi connectivity index (χ1) is 8.74. The van der Waals surface area contributed by atoms with Crippen molar-refractivity contribution in [3.63, 3.8) is 0 Å². The lowest BCUT2D eigenvalue weighted by molar-refractivity contribution is 0.185. The lowest BCUT2D eigenvalue weighted by Crippen LogP contribution is -2.44. The Morgan fingerprint density at radius 3 is 3.22 bits per heavy atom. The van der Waals surface area contributed by atoms with E-state index in [1.165, 1.54) is 0 Å². The summed E-state index contributed by atoms with van der Waals surface area (Å²) in [4.78, 5) is 15.6. The summed E-state index contributed by atoms with van der Waals surface area (Å²) in [5.74, 6) is 0.458. The van der Waals surface area contributed by atoms with Gasteiger partial charge in [0.25, 0.3) is 0 Å². The van der Waals surface area contributed by atoms with Crippen LogP contribution in [0.3, 0.4) is 0 Å². The number of imidazole rings is 1.